The van der Waals surface area contributed by atoms with Gasteiger partial charge >= 0.3 is 6.18 Å². The van der Waals surface area contributed by atoms with Gasteiger partial charge in [0, 0.05) is 17.6 Å². The molecule has 0 unspecified atom stereocenters. The van der Waals surface area contributed by atoms with Gasteiger partial charge in [0.2, 0.25) is 0 Å². The number of benzene rings is 2. The van der Waals surface area contributed by atoms with Gasteiger partial charge in [0.05, 0.1) is 10.6 Å². The van der Waals surface area contributed by atoms with E-state index < -0.39 is 34.1 Å². The van der Waals surface area contributed by atoms with E-state index in [-0.39, 0.29) is 5.69 Å². The highest BCUT2D eigenvalue weighted by molar-refractivity contribution is 6.31. The number of amides is 1. The minimum absolute atomic E-state index is 0.172. The second-order valence-electron chi connectivity index (χ2n) is 4.97. The predicted molar refractivity (Wildman–Crippen MR) is 88.8 cm³/mol. The summed E-state index contributed by atoms with van der Waals surface area (Å²) in [5.41, 5.74) is -1.26. The van der Waals surface area contributed by atoms with Crippen molar-refractivity contribution >= 4 is 28.9 Å². The number of hydrogen-bond donors (Lipinski definition) is 2. The molecule has 0 aliphatic carbocycles. The maximum atomic E-state index is 12.8. The lowest BCUT2D eigenvalue weighted by molar-refractivity contribution is -0.137. The molecule has 0 atom stereocenters. The molecular formula is C17H10ClF4N3O. The molecule has 4 nitrogen and oxygen atoms in total. The van der Waals surface area contributed by atoms with E-state index in [4.69, 9.17) is 16.9 Å². The van der Waals surface area contributed by atoms with E-state index >= 15 is 0 Å². The lowest BCUT2D eigenvalue weighted by Gasteiger charge is -2.11. The minimum atomic E-state index is -4.68. The monoisotopic (exact) mass is 383 g/mol. The van der Waals surface area contributed by atoms with E-state index in [1.54, 1.807) is 6.07 Å². The minimum Gasteiger partial charge on any atom is -0.360 e. The van der Waals surface area contributed by atoms with Crippen molar-refractivity contribution in [1.82, 2.24) is 0 Å². The first-order valence-electron chi connectivity index (χ1n) is 7.01. The highest BCUT2D eigenvalue weighted by Gasteiger charge is 2.33. The first-order valence-corrected chi connectivity index (χ1v) is 7.39. The molecule has 0 aliphatic heterocycles. The number of hydrogen-bond acceptors (Lipinski definition) is 3. The molecule has 0 aromatic heterocycles. The first kappa shape index (κ1) is 19.3. The van der Waals surface area contributed by atoms with Crippen molar-refractivity contribution in [3.05, 3.63) is 70.6 Å². The summed E-state index contributed by atoms with van der Waals surface area (Å²) in [6.45, 7) is 0. The molecule has 0 saturated heterocycles. The van der Waals surface area contributed by atoms with E-state index in [0.717, 1.165) is 12.3 Å². The fourth-order valence-electron chi connectivity index (χ4n) is 1.87. The van der Waals surface area contributed by atoms with Crippen LogP contribution >= 0.6 is 11.6 Å². The van der Waals surface area contributed by atoms with Crippen molar-refractivity contribution in [1.29, 1.82) is 5.26 Å². The van der Waals surface area contributed by atoms with E-state index in [0.29, 0.717) is 11.8 Å². The van der Waals surface area contributed by atoms with Gasteiger partial charge in [-0.3, -0.25) is 4.79 Å². The largest absolute Gasteiger partial charge is 0.417 e. The summed E-state index contributed by atoms with van der Waals surface area (Å²) in [5.74, 6) is -1.38. The van der Waals surface area contributed by atoms with Gasteiger partial charge in [-0.1, -0.05) is 11.6 Å². The van der Waals surface area contributed by atoms with Crippen molar-refractivity contribution in [2.24, 2.45) is 0 Å². The number of carbonyl (C=O) groups is 1. The molecule has 0 aliphatic rings. The fraction of sp³-hybridized carbons (Fsp3) is 0.0588. The predicted octanol–water partition coefficient (Wildman–Crippen LogP) is 4.96. The molecule has 0 radical (unpaired) electrons. The number of nitrogens with one attached hydrogen (secondary N) is 2. The topological polar surface area (TPSA) is 64.9 Å². The van der Waals surface area contributed by atoms with Crippen molar-refractivity contribution in [3.63, 3.8) is 0 Å². The standard InChI is InChI=1S/C17H10ClF4N3O/c18-15-6-5-13(7-14(15)17(20,21)22)25-16(26)10(8-23)9-24-12-3-1-11(19)2-4-12/h1-7,9,24H,(H,25,26)/b10-9-. The Balaban J connectivity index is 2.15. The second kappa shape index (κ2) is 7.89. The number of halogens is 5. The summed E-state index contributed by atoms with van der Waals surface area (Å²) < 4.78 is 51.3. The third-order valence-corrected chi connectivity index (χ3v) is 3.45. The van der Waals surface area contributed by atoms with Gasteiger partial charge < -0.3 is 10.6 Å². The molecule has 2 N–H and O–H groups in total. The SMILES string of the molecule is N#C/C(=C/Nc1ccc(F)cc1)C(=O)Nc1ccc(Cl)c(C(F)(F)F)c1. The van der Waals surface area contributed by atoms with Crippen LogP contribution in [-0.4, -0.2) is 5.91 Å². The number of nitriles is 1. The number of carbonyl (C=O) groups excluding carboxylic acids is 1. The van der Waals surface area contributed by atoms with Crippen LogP contribution in [0.2, 0.25) is 5.02 Å². The van der Waals surface area contributed by atoms with Crippen LogP contribution in [0.3, 0.4) is 0 Å². The molecule has 1 amide bonds. The van der Waals surface area contributed by atoms with Gasteiger partial charge in [-0.15, -0.1) is 0 Å². The summed E-state index contributed by atoms with van der Waals surface area (Å²) in [6, 6.07) is 9.58. The Bertz CT molecular complexity index is 886. The molecule has 26 heavy (non-hydrogen) atoms. The lowest BCUT2D eigenvalue weighted by Crippen LogP contribution is -2.15. The summed E-state index contributed by atoms with van der Waals surface area (Å²) in [6.07, 6.45) is -3.63. The zero-order chi connectivity index (χ0) is 19.3. The molecular weight excluding hydrogens is 374 g/mol. The van der Waals surface area contributed by atoms with Gasteiger partial charge in [-0.25, -0.2) is 4.39 Å². The highest BCUT2D eigenvalue weighted by atomic mass is 35.5. The molecule has 2 aromatic carbocycles. The highest BCUT2D eigenvalue weighted by Crippen LogP contribution is 2.36. The lowest BCUT2D eigenvalue weighted by atomic mass is 10.2. The van der Waals surface area contributed by atoms with Crippen molar-refractivity contribution in [3.8, 4) is 6.07 Å². The van der Waals surface area contributed by atoms with Gasteiger partial charge in [-0.2, -0.15) is 18.4 Å². The molecule has 0 bridgehead atoms. The first-order chi connectivity index (χ1) is 12.2. The van der Waals surface area contributed by atoms with E-state index in [1.807, 2.05) is 0 Å². The maximum Gasteiger partial charge on any atom is 0.417 e. The second-order valence-corrected chi connectivity index (χ2v) is 5.37. The zero-order valence-electron chi connectivity index (χ0n) is 12.9. The van der Waals surface area contributed by atoms with Gasteiger partial charge in [0.25, 0.3) is 5.91 Å². The number of alkyl halides is 3. The normalized spacial score (nSPS) is 11.6. The zero-order valence-corrected chi connectivity index (χ0v) is 13.6. The molecule has 134 valence electrons. The Hall–Kier alpha value is -3.05. The number of rotatable bonds is 4. The van der Waals surface area contributed by atoms with Crippen molar-refractivity contribution in [2.45, 2.75) is 6.18 Å². The Kier molecular flexibility index (Phi) is 5.85. The molecule has 9 heteroatoms. The van der Waals surface area contributed by atoms with Crippen LogP contribution in [0, 0.1) is 17.1 Å². The quantitative estimate of drug-likeness (QED) is 0.446. The van der Waals surface area contributed by atoms with Gasteiger partial charge in [0.15, 0.2) is 0 Å². The van der Waals surface area contributed by atoms with Crippen LogP contribution in [-0.2, 0) is 11.0 Å². The summed E-state index contributed by atoms with van der Waals surface area (Å²) in [7, 11) is 0. The summed E-state index contributed by atoms with van der Waals surface area (Å²) >= 11 is 5.50. The van der Waals surface area contributed by atoms with Crippen LogP contribution in [0.25, 0.3) is 0 Å². The summed E-state index contributed by atoms with van der Waals surface area (Å²) in [4.78, 5) is 12.0. The van der Waals surface area contributed by atoms with Crippen LogP contribution in [0.15, 0.2) is 54.2 Å². The molecule has 0 spiro atoms. The third kappa shape index (κ3) is 4.97. The molecule has 0 heterocycles. The molecule has 2 aromatic rings. The van der Waals surface area contributed by atoms with Crippen LogP contribution in [0.5, 0.6) is 0 Å². The Labute approximate surface area is 150 Å². The number of anilines is 2. The Morgan fingerprint density at radius 3 is 2.31 bits per heavy atom. The van der Waals surface area contributed by atoms with Crippen molar-refractivity contribution < 1.29 is 22.4 Å². The Morgan fingerprint density at radius 2 is 1.73 bits per heavy atom. The average molecular weight is 384 g/mol. The van der Waals surface area contributed by atoms with Crippen molar-refractivity contribution in [2.75, 3.05) is 10.6 Å². The molecule has 2 rings (SSSR count). The van der Waals surface area contributed by atoms with Crippen LogP contribution < -0.4 is 10.6 Å². The third-order valence-electron chi connectivity index (χ3n) is 3.12. The van der Waals surface area contributed by atoms with E-state index in [2.05, 4.69) is 10.6 Å². The summed E-state index contributed by atoms with van der Waals surface area (Å²) in [5, 5.41) is 13.3. The van der Waals surface area contributed by atoms with Crippen LogP contribution in [0.1, 0.15) is 5.56 Å². The maximum absolute atomic E-state index is 12.8. The van der Waals surface area contributed by atoms with Crippen LogP contribution in [0.4, 0.5) is 28.9 Å². The Morgan fingerprint density at radius 1 is 1.12 bits per heavy atom. The van der Waals surface area contributed by atoms with E-state index in [9.17, 15) is 22.4 Å². The van der Waals surface area contributed by atoms with Gasteiger partial charge in [-0.05, 0) is 42.5 Å². The number of nitrogens with zero attached hydrogens (tertiary/aromatic N) is 1. The average Bonchev–Trinajstić information content (AvgIpc) is 2.58. The molecule has 0 fully saturated rings. The van der Waals surface area contributed by atoms with E-state index in [1.165, 1.54) is 30.3 Å². The molecule has 0 saturated carbocycles. The fourth-order valence-corrected chi connectivity index (χ4v) is 2.09. The van der Waals surface area contributed by atoms with Gasteiger partial charge in [0.1, 0.15) is 17.5 Å². The smallest absolute Gasteiger partial charge is 0.360 e.